The van der Waals surface area contributed by atoms with Gasteiger partial charge in [0, 0.05) is 12.5 Å². The molecule has 0 aliphatic carbocycles. The molecule has 13 heavy (non-hydrogen) atoms. The van der Waals surface area contributed by atoms with Crippen molar-refractivity contribution in [1.82, 2.24) is 4.90 Å². The average Bonchev–Trinajstić information content (AvgIpc) is 1.97. The van der Waals surface area contributed by atoms with Crippen LogP contribution in [0.4, 0.5) is 0 Å². The van der Waals surface area contributed by atoms with Crippen molar-refractivity contribution < 1.29 is 4.79 Å². The second kappa shape index (κ2) is 5.58. The largest absolute Gasteiger partial charge is 0.327 e. The Morgan fingerprint density at radius 3 is 2.23 bits per heavy atom. The van der Waals surface area contributed by atoms with E-state index < -0.39 is 0 Å². The minimum absolute atomic E-state index is 0.0755. The maximum absolute atomic E-state index is 11.6. The molecule has 0 fully saturated rings. The molecule has 74 valence electrons. The van der Waals surface area contributed by atoms with E-state index in [9.17, 15) is 4.79 Å². The van der Waals surface area contributed by atoms with Gasteiger partial charge in [0.25, 0.3) is 0 Å². The first-order chi connectivity index (χ1) is 5.99. The third-order valence-electron chi connectivity index (χ3n) is 1.77. The number of rotatable bonds is 4. The van der Waals surface area contributed by atoms with Crippen LogP contribution in [0.1, 0.15) is 34.1 Å². The van der Waals surface area contributed by atoms with Crippen LogP contribution in [0.5, 0.6) is 0 Å². The van der Waals surface area contributed by atoms with Crippen LogP contribution in [0.3, 0.4) is 0 Å². The normalized spacial score (nSPS) is 10.2. The minimum Gasteiger partial charge on any atom is -0.327 e. The number of carbonyl (C=O) groups is 1. The number of hydrogen-bond acceptors (Lipinski definition) is 2. The molecule has 0 rings (SSSR count). The maximum atomic E-state index is 11.6. The molecule has 0 aliphatic rings. The van der Waals surface area contributed by atoms with E-state index in [1.165, 1.54) is 0 Å². The Bertz CT molecular complexity index is 203. The van der Waals surface area contributed by atoms with Gasteiger partial charge in [-0.2, -0.15) is 5.26 Å². The van der Waals surface area contributed by atoms with Gasteiger partial charge in [-0.25, -0.2) is 0 Å². The Hall–Kier alpha value is -1.04. The van der Waals surface area contributed by atoms with Crippen LogP contribution in [-0.2, 0) is 4.79 Å². The zero-order valence-electron chi connectivity index (χ0n) is 8.87. The molecule has 0 aromatic carbocycles. The summed E-state index contributed by atoms with van der Waals surface area (Å²) in [5.41, 5.74) is 0. The topological polar surface area (TPSA) is 44.1 Å². The molecule has 0 atom stereocenters. The van der Waals surface area contributed by atoms with Crippen molar-refractivity contribution in [3.8, 4) is 6.07 Å². The molecule has 3 nitrogen and oxygen atoms in total. The van der Waals surface area contributed by atoms with Gasteiger partial charge in [0.2, 0.25) is 5.91 Å². The predicted molar refractivity (Wildman–Crippen MR) is 51.9 cm³/mol. The first-order valence-electron chi connectivity index (χ1n) is 4.65. The Morgan fingerprint density at radius 2 is 1.92 bits per heavy atom. The summed E-state index contributed by atoms with van der Waals surface area (Å²) >= 11 is 0. The lowest BCUT2D eigenvalue weighted by atomic mass is 10.1. The standard InChI is InChI=1S/C10H18N2O/c1-8(2)7-10(13)12(6-5-11)9(3)4/h8-9H,6-7H2,1-4H3. The quantitative estimate of drug-likeness (QED) is 0.622. The lowest BCUT2D eigenvalue weighted by Crippen LogP contribution is -2.37. The highest BCUT2D eigenvalue weighted by molar-refractivity contribution is 5.76. The lowest BCUT2D eigenvalue weighted by Gasteiger charge is -2.24. The molecule has 0 spiro atoms. The van der Waals surface area contributed by atoms with Gasteiger partial charge in [-0.3, -0.25) is 4.79 Å². The summed E-state index contributed by atoms with van der Waals surface area (Å²) in [6.07, 6.45) is 0.528. The predicted octanol–water partition coefficient (Wildman–Crippen LogP) is 1.79. The van der Waals surface area contributed by atoms with Crippen LogP contribution in [0.25, 0.3) is 0 Å². The van der Waals surface area contributed by atoms with Gasteiger partial charge in [-0.15, -0.1) is 0 Å². The molecule has 0 N–H and O–H groups in total. The first-order valence-corrected chi connectivity index (χ1v) is 4.65. The van der Waals surface area contributed by atoms with Crippen LogP contribution < -0.4 is 0 Å². The number of nitriles is 1. The van der Waals surface area contributed by atoms with Crippen molar-refractivity contribution in [2.45, 2.75) is 40.2 Å². The Labute approximate surface area is 80.3 Å². The second-order valence-electron chi connectivity index (χ2n) is 3.87. The monoisotopic (exact) mass is 182 g/mol. The molecular weight excluding hydrogens is 164 g/mol. The molecule has 0 bridgehead atoms. The molecule has 1 amide bonds. The highest BCUT2D eigenvalue weighted by Crippen LogP contribution is 2.06. The van der Waals surface area contributed by atoms with Crippen LogP contribution in [0.15, 0.2) is 0 Å². The Kier molecular flexibility index (Phi) is 5.13. The van der Waals surface area contributed by atoms with Crippen molar-refractivity contribution in [2.24, 2.45) is 5.92 Å². The fourth-order valence-corrected chi connectivity index (χ4v) is 1.10. The Balaban J connectivity index is 4.22. The molecule has 0 saturated carbocycles. The maximum Gasteiger partial charge on any atom is 0.223 e. The van der Waals surface area contributed by atoms with Crippen molar-refractivity contribution >= 4 is 5.91 Å². The van der Waals surface area contributed by atoms with Gasteiger partial charge in [-0.05, 0) is 19.8 Å². The molecular formula is C10H18N2O. The van der Waals surface area contributed by atoms with Gasteiger partial charge >= 0.3 is 0 Å². The number of nitrogens with zero attached hydrogens (tertiary/aromatic N) is 2. The first kappa shape index (κ1) is 12.0. The van der Waals surface area contributed by atoms with Gasteiger partial charge in [0.1, 0.15) is 6.54 Å². The molecule has 0 radical (unpaired) electrons. The molecule has 3 heteroatoms. The number of hydrogen-bond donors (Lipinski definition) is 0. The van der Waals surface area contributed by atoms with Crippen LogP contribution >= 0.6 is 0 Å². The third kappa shape index (κ3) is 4.51. The van der Waals surface area contributed by atoms with Gasteiger partial charge in [-0.1, -0.05) is 13.8 Å². The van der Waals surface area contributed by atoms with E-state index in [0.717, 1.165) is 0 Å². The van der Waals surface area contributed by atoms with E-state index in [-0.39, 0.29) is 18.5 Å². The fourth-order valence-electron chi connectivity index (χ4n) is 1.10. The summed E-state index contributed by atoms with van der Waals surface area (Å²) in [4.78, 5) is 13.2. The SMILES string of the molecule is CC(C)CC(=O)N(CC#N)C(C)C. The summed E-state index contributed by atoms with van der Waals surface area (Å²) in [5, 5.41) is 8.52. The molecule has 0 heterocycles. The van der Waals surface area contributed by atoms with Crippen molar-refractivity contribution in [2.75, 3.05) is 6.54 Å². The summed E-state index contributed by atoms with van der Waals surface area (Å²) in [5.74, 6) is 0.430. The van der Waals surface area contributed by atoms with Crippen molar-refractivity contribution in [3.63, 3.8) is 0 Å². The minimum atomic E-state index is 0.0755. The molecule has 0 aliphatic heterocycles. The summed E-state index contributed by atoms with van der Waals surface area (Å²) in [6.45, 7) is 8.06. The summed E-state index contributed by atoms with van der Waals surface area (Å²) in [6, 6.07) is 2.12. The summed E-state index contributed by atoms with van der Waals surface area (Å²) < 4.78 is 0. The zero-order valence-corrected chi connectivity index (χ0v) is 8.87. The van der Waals surface area contributed by atoms with Crippen molar-refractivity contribution in [3.05, 3.63) is 0 Å². The Morgan fingerprint density at radius 1 is 1.38 bits per heavy atom. The van der Waals surface area contributed by atoms with E-state index >= 15 is 0 Å². The van der Waals surface area contributed by atoms with E-state index in [4.69, 9.17) is 5.26 Å². The van der Waals surface area contributed by atoms with Crippen molar-refractivity contribution in [1.29, 1.82) is 5.26 Å². The van der Waals surface area contributed by atoms with Gasteiger partial charge in [0.15, 0.2) is 0 Å². The van der Waals surface area contributed by atoms with Gasteiger partial charge in [0.05, 0.1) is 6.07 Å². The molecule has 0 saturated heterocycles. The number of amides is 1. The lowest BCUT2D eigenvalue weighted by molar-refractivity contribution is -0.132. The van der Waals surface area contributed by atoms with E-state index in [2.05, 4.69) is 0 Å². The molecule has 0 unspecified atom stereocenters. The van der Waals surface area contributed by atoms with E-state index in [1.807, 2.05) is 33.8 Å². The molecule has 0 aromatic heterocycles. The average molecular weight is 182 g/mol. The van der Waals surface area contributed by atoms with E-state index in [0.29, 0.717) is 12.3 Å². The fraction of sp³-hybridized carbons (Fsp3) is 0.800. The van der Waals surface area contributed by atoms with Crippen LogP contribution in [0, 0.1) is 17.2 Å². The molecule has 0 aromatic rings. The third-order valence-corrected chi connectivity index (χ3v) is 1.77. The highest BCUT2D eigenvalue weighted by Gasteiger charge is 2.16. The smallest absolute Gasteiger partial charge is 0.223 e. The number of carbonyl (C=O) groups excluding carboxylic acids is 1. The van der Waals surface area contributed by atoms with E-state index in [1.54, 1.807) is 4.90 Å². The van der Waals surface area contributed by atoms with Crippen LogP contribution in [-0.4, -0.2) is 23.4 Å². The van der Waals surface area contributed by atoms with Crippen LogP contribution in [0.2, 0.25) is 0 Å². The summed E-state index contributed by atoms with van der Waals surface area (Å²) in [7, 11) is 0. The highest BCUT2D eigenvalue weighted by atomic mass is 16.2. The van der Waals surface area contributed by atoms with Gasteiger partial charge < -0.3 is 4.90 Å². The zero-order chi connectivity index (χ0) is 10.4. The second-order valence-corrected chi connectivity index (χ2v) is 3.87.